The van der Waals surface area contributed by atoms with Crippen LogP contribution in [0.25, 0.3) is 10.9 Å². The number of ether oxygens (including phenoxy) is 1. The summed E-state index contributed by atoms with van der Waals surface area (Å²) in [5.74, 6) is -6.64. The molecule has 1 unspecified atom stereocenters. The highest BCUT2D eigenvalue weighted by Gasteiger charge is 2.23. The van der Waals surface area contributed by atoms with Gasteiger partial charge in [0.1, 0.15) is 0 Å². The lowest BCUT2D eigenvalue weighted by molar-refractivity contribution is -0.123. The minimum absolute atomic E-state index is 0.0574. The van der Waals surface area contributed by atoms with Crippen molar-refractivity contribution in [2.24, 2.45) is 0 Å². The Morgan fingerprint density at radius 1 is 1.07 bits per heavy atom. The Morgan fingerprint density at radius 2 is 1.79 bits per heavy atom. The van der Waals surface area contributed by atoms with Crippen molar-refractivity contribution in [2.75, 3.05) is 5.32 Å². The fraction of sp³-hybridized carbons (Fsp3) is 0.105. The summed E-state index contributed by atoms with van der Waals surface area (Å²) in [7, 11) is 0. The molecule has 0 saturated heterocycles. The molecule has 3 rings (SSSR count). The number of hydrogen-bond donors (Lipinski definition) is 2. The van der Waals surface area contributed by atoms with Crippen molar-refractivity contribution < 1.29 is 27.5 Å². The first kappa shape index (κ1) is 19.2. The molecule has 0 saturated carbocycles. The van der Waals surface area contributed by atoms with E-state index in [1.54, 1.807) is 24.3 Å². The predicted molar refractivity (Wildman–Crippen MR) is 94.4 cm³/mol. The van der Waals surface area contributed by atoms with Crippen LogP contribution in [0.4, 0.5) is 18.9 Å². The molecule has 28 heavy (non-hydrogen) atoms. The number of para-hydroxylation sites is 1. The molecule has 0 radical (unpaired) electrons. The molecule has 2 aromatic carbocycles. The van der Waals surface area contributed by atoms with Crippen molar-refractivity contribution >= 4 is 28.5 Å². The van der Waals surface area contributed by atoms with E-state index in [4.69, 9.17) is 4.74 Å². The number of carbonyl (C=O) groups is 2. The Bertz CT molecular complexity index is 1140. The predicted octanol–water partition coefficient (Wildman–Crippen LogP) is 3.13. The zero-order valence-corrected chi connectivity index (χ0v) is 14.4. The Kier molecular flexibility index (Phi) is 5.16. The van der Waals surface area contributed by atoms with E-state index in [-0.39, 0.29) is 5.56 Å². The standard InChI is InChI=1S/C19H13F3N2O4/c1-9(18(26)24-14-7-6-12(20)16(21)17(14)22)28-19(27)11-8-15(25)23-13-5-3-2-4-10(11)13/h2-9H,1H3,(H,23,25)(H,24,26). The van der Waals surface area contributed by atoms with E-state index in [2.05, 4.69) is 4.98 Å². The molecule has 2 N–H and O–H groups in total. The van der Waals surface area contributed by atoms with Crippen LogP contribution in [-0.4, -0.2) is 23.0 Å². The van der Waals surface area contributed by atoms with Crippen molar-refractivity contribution in [3.63, 3.8) is 0 Å². The van der Waals surface area contributed by atoms with E-state index in [0.29, 0.717) is 17.0 Å². The number of benzene rings is 2. The number of nitrogens with one attached hydrogen (secondary N) is 2. The quantitative estimate of drug-likeness (QED) is 0.529. The van der Waals surface area contributed by atoms with Crippen LogP contribution in [0.5, 0.6) is 0 Å². The fourth-order valence-corrected chi connectivity index (χ4v) is 2.51. The monoisotopic (exact) mass is 390 g/mol. The third kappa shape index (κ3) is 3.73. The fourth-order valence-electron chi connectivity index (χ4n) is 2.51. The molecule has 1 amide bonds. The summed E-state index contributed by atoms with van der Waals surface area (Å²) in [4.78, 5) is 38.8. The molecule has 0 fully saturated rings. The van der Waals surface area contributed by atoms with Crippen LogP contribution >= 0.6 is 0 Å². The topological polar surface area (TPSA) is 88.3 Å². The summed E-state index contributed by atoms with van der Waals surface area (Å²) in [5, 5.41) is 2.43. The second-order valence-corrected chi connectivity index (χ2v) is 5.85. The maximum atomic E-state index is 13.7. The highest BCUT2D eigenvalue weighted by Crippen LogP contribution is 2.20. The summed E-state index contributed by atoms with van der Waals surface area (Å²) in [6.07, 6.45) is -1.40. The molecule has 3 aromatic rings. The molecule has 0 bridgehead atoms. The van der Waals surface area contributed by atoms with Gasteiger partial charge in [-0.25, -0.2) is 18.0 Å². The Morgan fingerprint density at radius 3 is 2.54 bits per heavy atom. The molecule has 0 spiro atoms. The largest absolute Gasteiger partial charge is 0.449 e. The molecule has 0 aliphatic heterocycles. The number of aromatic nitrogens is 1. The van der Waals surface area contributed by atoms with Gasteiger partial charge in [0.2, 0.25) is 5.56 Å². The first-order chi connectivity index (χ1) is 13.3. The molecule has 1 heterocycles. The van der Waals surface area contributed by atoms with Crippen molar-refractivity contribution in [1.82, 2.24) is 4.98 Å². The number of rotatable bonds is 4. The number of pyridine rings is 1. The average Bonchev–Trinajstić information content (AvgIpc) is 2.67. The highest BCUT2D eigenvalue weighted by atomic mass is 19.2. The highest BCUT2D eigenvalue weighted by molar-refractivity contribution is 6.04. The summed E-state index contributed by atoms with van der Waals surface area (Å²) >= 11 is 0. The number of anilines is 1. The molecule has 6 nitrogen and oxygen atoms in total. The number of hydrogen-bond acceptors (Lipinski definition) is 4. The van der Waals surface area contributed by atoms with Crippen LogP contribution in [-0.2, 0) is 9.53 Å². The van der Waals surface area contributed by atoms with Gasteiger partial charge in [-0.3, -0.25) is 9.59 Å². The summed E-state index contributed by atoms with van der Waals surface area (Å²) in [6.45, 7) is 1.21. The molecular formula is C19H13F3N2O4. The third-order valence-corrected chi connectivity index (χ3v) is 3.92. The number of carbonyl (C=O) groups excluding carboxylic acids is 2. The Labute approximate surface area is 155 Å². The Hall–Kier alpha value is -3.62. The maximum absolute atomic E-state index is 13.7. The maximum Gasteiger partial charge on any atom is 0.339 e. The van der Waals surface area contributed by atoms with Gasteiger partial charge in [0, 0.05) is 17.0 Å². The van der Waals surface area contributed by atoms with E-state index < -0.39 is 46.7 Å². The van der Waals surface area contributed by atoms with Crippen LogP contribution in [0, 0.1) is 17.5 Å². The first-order valence-corrected chi connectivity index (χ1v) is 8.05. The summed E-state index contributed by atoms with van der Waals surface area (Å²) in [6, 6.07) is 9.01. The summed E-state index contributed by atoms with van der Waals surface area (Å²) < 4.78 is 44.9. The lowest BCUT2D eigenvalue weighted by Crippen LogP contribution is -2.30. The van der Waals surface area contributed by atoms with Crippen LogP contribution in [0.3, 0.4) is 0 Å². The molecule has 144 valence electrons. The smallest absolute Gasteiger partial charge is 0.339 e. The minimum Gasteiger partial charge on any atom is -0.449 e. The molecule has 0 aliphatic carbocycles. The van der Waals surface area contributed by atoms with Crippen molar-refractivity contribution in [3.8, 4) is 0 Å². The zero-order valence-electron chi connectivity index (χ0n) is 14.4. The van der Waals surface area contributed by atoms with Gasteiger partial charge in [-0.2, -0.15) is 0 Å². The number of esters is 1. The second-order valence-electron chi connectivity index (χ2n) is 5.85. The SMILES string of the molecule is CC(OC(=O)c1cc(=O)[nH]c2ccccc12)C(=O)Nc1ccc(F)c(F)c1F. The first-order valence-electron chi connectivity index (χ1n) is 8.05. The van der Waals surface area contributed by atoms with Crippen LogP contribution in [0.1, 0.15) is 17.3 Å². The van der Waals surface area contributed by atoms with Crippen LogP contribution in [0.2, 0.25) is 0 Å². The minimum atomic E-state index is -1.74. The molecule has 9 heteroatoms. The number of H-pyrrole nitrogens is 1. The number of fused-ring (bicyclic) bond motifs is 1. The van der Waals surface area contributed by atoms with E-state index in [1.807, 2.05) is 5.32 Å². The molecule has 1 atom stereocenters. The van der Waals surface area contributed by atoms with E-state index in [9.17, 15) is 27.6 Å². The molecular weight excluding hydrogens is 377 g/mol. The van der Waals surface area contributed by atoms with Crippen molar-refractivity contribution in [1.29, 1.82) is 0 Å². The lowest BCUT2D eigenvalue weighted by Gasteiger charge is -2.15. The molecule has 0 aliphatic rings. The second kappa shape index (κ2) is 7.55. The van der Waals surface area contributed by atoms with Gasteiger partial charge in [-0.1, -0.05) is 18.2 Å². The van der Waals surface area contributed by atoms with Gasteiger partial charge >= 0.3 is 5.97 Å². The van der Waals surface area contributed by atoms with Gasteiger partial charge in [0.15, 0.2) is 23.6 Å². The van der Waals surface area contributed by atoms with Gasteiger partial charge in [-0.05, 0) is 25.1 Å². The van der Waals surface area contributed by atoms with E-state index in [0.717, 1.165) is 12.1 Å². The van der Waals surface area contributed by atoms with Crippen molar-refractivity contribution in [2.45, 2.75) is 13.0 Å². The van der Waals surface area contributed by atoms with Gasteiger partial charge in [0.25, 0.3) is 5.91 Å². The average molecular weight is 390 g/mol. The zero-order chi connectivity index (χ0) is 20.4. The van der Waals surface area contributed by atoms with Gasteiger partial charge < -0.3 is 15.0 Å². The van der Waals surface area contributed by atoms with Gasteiger partial charge in [-0.15, -0.1) is 0 Å². The van der Waals surface area contributed by atoms with E-state index >= 15 is 0 Å². The number of amides is 1. The van der Waals surface area contributed by atoms with Crippen LogP contribution in [0.15, 0.2) is 47.3 Å². The van der Waals surface area contributed by atoms with E-state index in [1.165, 1.54) is 6.92 Å². The number of aromatic amines is 1. The van der Waals surface area contributed by atoms with Crippen LogP contribution < -0.4 is 10.9 Å². The molecule has 1 aromatic heterocycles. The summed E-state index contributed by atoms with van der Waals surface area (Å²) in [5.41, 5.74) is -0.791. The van der Waals surface area contributed by atoms with Crippen molar-refractivity contribution in [3.05, 3.63) is 75.8 Å². The lowest BCUT2D eigenvalue weighted by atomic mass is 10.1. The van der Waals surface area contributed by atoms with Gasteiger partial charge in [0.05, 0.1) is 11.3 Å². The third-order valence-electron chi connectivity index (χ3n) is 3.92. The Balaban J connectivity index is 1.79. The number of halogens is 3. The normalized spacial score (nSPS) is 11.9.